The Hall–Kier alpha value is -0.320. The van der Waals surface area contributed by atoms with Gasteiger partial charge in [-0.25, -0.2) is 0 Å². The minimum atomic E-state index is -0.396. The maximum absolute atomic E-state index is 12.7. The van der Waals surface area contributed by atoms with Gasteiger partial charge in [0.2, 0.25) is 5.91 Å². The lowest BCUT2D eigenvalue weighted by Gasteiger charge is -2.45. The van der Waals surface area contributed by atoms with Gasteiger partial charge in [0.1, 0.15) is 0 Å². The van der Waals surface area contributed by atoms with Crippen LogP contribution in [0.3, 0.4) is 0 Å². The van der Waals surface area contributed by atoms with Crippen LogP contribution in [-0.2, 0) is 9.53 Å². The minimum Gasteiger partial charge on any atom is -0.369 e. The van der Waals surface area contributed by atoms with Crippen LogP contribution in [0, 0.1) is 5.41 Å². The van der Waals surface area contributed by atoms with Gasteiger partial charge >= 0.3 is 0 Å². The highest BCUT2D eigenvalue weighted by atomic mass is 35.5. The highest BCUT2D eigenvalue weighted by Crippen LogP contribution is 2.31. The van der Waals surface area contributed by atoms with Crippen LogP contribution in [0.25, 0.3) is 0 Å². The number of carbonyl (C=O) groups excluding carboxylic acids is 1. The first kappa shape index (κ1) is 18.7. The molecule has 1 unspecified atom stereocenters. The molecule has 114 valence electrons. The Morgan fingerprint density at radius 1 is 1.42 bits per heavy atom. The molecule has 0 aromatic carbocycles. The second-order valence-corrected chi connectivity index (χ2v) is 6.07. The number of nitrogens with two attached hydrogens (primary N) is 1. The molecule has 1 heterocycles. The van der Waals surface area contributed by atoms with Crippen LogP contribution < -0.4 is 5.73 Å². The van der Waals surface area contributed by atoms with Crippen molar-refractivity contribution in [1.29, 1.82) is 0 Å². The molecular formula is C14H29ClN2O2. The molecule has 1 rings (SSSR count). The highest BCUT2D eigenvalue weighted by Gasteiger charge is 2.41. The smallest absolute Gasteiger partial charge is 0.230 e. The van der Waals surface area contributed by atoms with Gasteiger partial charge in [-0.15, -0.1) is 12.4 Å². The predicted molar refractivity (Wildman–Crippen MR) is 80.5 cm³/mol. The third-order valence-corrected chi connectivity index (χ3v) is 4.05. The largest absolute Gasteiger partial charge is 0.369 e. The van der Waals surface area contributed by atoms with Gasteiger partial charge in [0.05, 0.1) is 17.1 Å². The molecule has 0 bridgehead atoms. The summed E-state index contributed by atoms with van der Waals surface area (Å²) < 4.78 is 5.84. The van der Waals surface area contributed by atoms with Gasteiger partial charge in [0.15, 0.2) is 0 Å². The van der Waals surface area contributed by atoms with Crippen molar-refractivity contribution in [1.82, 2.24) is 4.90 Å². The van der Waals surface area contributed by atoms with Crippen molar-refractivity contribution in [2.24, 2.45) is 11.1 Å². The number of halogens is 1. The van der Waals surface area contributed by atoms with E-state index in [0.717, 1.165) is 12.8 Å². The number of rotatable bonds is 4. The molecular weight excluding hydrogens is 264 g/mol. The summed E-state index contributed by atoms with van der Waals surface area (Å²) in [6.07, 6.45) is 1.68. The van der Waals surface area contributed by atoms with Gasteiger partial charge in [0.25, 0.3) is 0 Å². The predicted octanol–water partition coefficient (Wildman–Crippen LogP) is 2.20. The van der Waals surface area contributed by atoms with E-state index in [1.165, 1.54) is 0 Å². The maximum atomic E-state index is 12.7. The molecule has 19 heavy (non-hydrogen) atoms. The Morgan fingerprint density at radius 2 is 1.95 bits per heavy atom. The summed E-state index contributed by atoms with van der Waals surface area (Å²) in [5.74, 6) is 0.193. The van der Waals surface area contributed by atoms with E-state index >= 15 is 0 Å². The van der Waals surface area contributed by atoms with Crippen molar-refractivity contribution in [3.8, 4) is 0 Å². The summed E-state index contributed by atoms with van der Waals surface area (Å²) >= 11 is 0. The van der Waals surface area contributed by atoms with Gasteiger partial charge in [-0.3, -0.25) is 4.79 Å². The van der Waals surface area contributed by atoms with E-state index in [0.29, 0.717) is 19.6 Å². The average molecular weight is 293 g/mol. The summed E-state index contributed by atoms with van der Waals surface area (Å²) in [6.45, 7) is 11.9. The third kappa shape index (κ3) is 4.07. The molecule has 0 aromatic heterocycles. The SMILES string of the molecule is CCC(CC)(CN)C(=O)N1CC(C)OC(C)(C)C1.Cl. The fraction of sp³-hybridized carbons (Fsp3) is 0.929. The van der Waals surface area contributed by atoms with Gasteiger partial charge in [-0.1, -0.05) is 13.8 Å². The van der Waals surface area contributed by atoms with E-state index in [1.807, 2.05) is 39.5 Å². The lowest BCUT2D eigenvalue weighted by Crippen LogP contribution is -2.58. The van der Waals surface area contributed by atoms with Crippen LogP contribution in [0.2, 0.25) is 0 Å². The van der Waals surface area contributed by atoms with Crippen molar-refractivity contribution >= 4 is 18.3 Å². The zero-order chi connectivity index (χ0) is 14.0. The van der Waals surface area contributed by atoms with Crippen LogP contribution >= 0.6 is 12.4 Å². The Labute approximate surface area is 123 Å². The number of hydrogen-bond donors (Lipinski definition) is 1. The van der Waals surface area contributed by atoms with Crippen LogP contribution in [-0.4, -0.2) is 42.1 Å². The second-order valence-electron chi connectivity index (χ2n) is 6.07. The fourth-order valence-corrected chi connectivity index (χ4v) is 2.87. The zero-order valence-corrected chi connectivity index (χ0v) is 13.7. The van der Waals surface area contributed by atoms with Crippen molar-refractivity contribution in [3.05, 3.63) is 0 Å². The third-order valence-electron chi connectivity index (χ3n) is 4.05. The van der Waals surface area contributed by atoms with E-state index in [1.54, 1.807) is 0 Å². The van der Waals surface area contributed by atoms with Gasteiger partial charge in [-0.2, -0.15) is 0 Å². The topological polar surface area (TPSA) is 55.6 Å². The van der Waals surface area contributed by atoms with Gasteiger partial charge in [0, 0.05) is 19.6 Å². The normalized spacial score (nSPS) is 22.8. The molecule has 1 aliphatic heterocycles. The average Bonchev–Trinajstić information content (AvgIpc) is 2.29. The Morgan fingerprint density at radius 3 is 2.32 bits per heavy atom. The summed E-state index contributed by atoms with van der Waals surface area (Å²) in [5, 5.41) is 0. The van der Waals surface area contributed by atoms with Crippen LogP contribution in [0.5, 0.6) is 0 Å². The summed E-state index contributed by atoms with van der Waals surface area (Å²) in [5.41, 5.74) is 5.20. The number of amides is 1. The molecule has 1 atom stereocenters. The summed E-state index contributed by atoms with van der Waals surface area (Å²) in [6, 6.07) is 0. The van der Waals surface area contributed by atoms with Crippen LogP contribution in [0.15, 0.2) is 0 Å². The Kier molecular flexibility index (Phi) is 6.79. The lowest BCUT2D eigenvalue weighted by atomic mass is 9.80. The van der Waals surface area contributed by atoms with E-state index < -0.39 is 5.41 Å². The second kappa shape index (κ2) is 6.91. The Balaban J connectivity index is 0.00000324. The highest BCUT2D eigenvalue weighted by molar-refractivity contribution is 5.85. The monoisotopic (exact) mass is 292 g/mol. The number of ether oxygens (including phenoxy) is 1. The summed E-state index contributed by atoms with van der Waals surface area (Å²) in [7, 11) is 0. The van der Waals surface area contributed by atoms with E-state index in [2.05, 4.69) is 0 Å². The fourth-order valence-electron chi connectivity index (χ4n) is 2.87. The minimum absolute atomic E-state index is 0. The number of carbonyl (C=O) groups is 1. The maximum Gasteiger partial charge on any atom is 0.230 e. The van der Waals surface area contributed by atoms with E-state index in [4.69, 9.17) is 10.5 Å². The van der Waals surface area contributed by atoms with Crippen molar-refractivity contribution in [3.63, 3.8) is 0 Å². The molecule has 0 aromatic rings. The molecule has 0 radical (unpaired) electrons. The van der Waals surface area contributed by atoms with Gasteiger partial charge in [-0.05, 0) is 33.6 Å². The molecule has 0 spiro atoms. The standard InChI is InChI=1S/C14H28N2O2.ClH/c1-6-14(7-2,9-15)12(17)16-8-11(3)18-13(4,5)10-16;/h11H,6-10,15H2,1-5H3;1H. The molecule has 2 N–H and O–H groups in total. The molecule has 4 nitrogen and oxygen atoms in total. The first-order valence-corrected chi connectivity index (χ1v) is 6.97. The molecule has 1 saturated heterocycles. The van der Waals surface area contributed by atoms with Crippen molar-refractivity contribution < 1.29 is 9.53 Å². The van der Waals surface area contributed by atoms with Gasteiger partial charge < -0.3 is 15.4 Å². The number of morpholine rings is 1. The molecule has 1 aliphatic rings. The Bertz CT molecular complexity index is 296. The number of hydrogen-bond acceptors (Lipinski definition) is 3. The quantitative estimate of drug-likeness (QED) is 0.864. The molecule has 5 heteroatoms. The first-order valence-electron chi connectivity index (χ1n) is 6.97. The van der Waals surface area contributed by atoms with Crippen molar-refractivity contribution in [2.75, 3.05) is 19.6 Å². The van der Waals surface area contributed by atoms with Crippen LogP contribution in [0.1, 0.15) is 47.5 Å². The first-order chi connectivity index (χ1) is 8.30. The molecule has 0 saturated carbocycles. The van der Waals surface area contributed by atoms with E-state index in [-0.39, 0.29) is 30.0 Å². The van der Waals surface area contributed by atoms with Crippen LogP contribution in [0.4, 0.5) is 0 Å². The molecule has 1 amide bonds. The lowest BCUT2D eigenvalue weighted by molar-refractivity contribution is -0.167. The molecule has 0 aliphatic carbocycles. The van der Waals surface area contributed by atoms with E-state index in [9.17, 15) is 4.79 Å². The summed E-state index contributed by atoms with van der Waals surface area (Å²) in [4.78, 5) is 14.7. The van der Waals surface area contributed by atoms with Crippen molar-refractivity contribution in [2.45, 2.75) is 59.2 Å². The zero-order valence-electron chi connectivity index (χ0n) is 12.9. The molecule has 1 fully saturated rings. The number of nitrogens with zero attached hydrogens (tertiary/aromatic N) is 1.